The van der Waals surface area contributed by atoms with Gasteiger partial charge in [-0.1, -0.05) is 24.3 Å². The van der Waals surface area contributed by atoms with Crippen LogP contribution in [0, 0.1) is 42.4 Å². The van der Waals surface area contributed by atoms with Crippen LogP contribution in [0.15, 0.2) is 35.6 Å². The normalized spacial score (nSPS) is 39.6. The third-order valence-corrected chi connectivity index (χ3v) is 8.33. The summed E-state index contributed by atoms with van der Waals surface area (Å²) in [7, 11) is 3.54. The van der Waals surface area contributed by atoms with Crippen molar-refractivity contribution >= 4 is 23.4 Å². The van der Waals surface area contributed by atoms with Crippen LogP contribution in [0.4, 0.5) is 0 Å². The second kappa shape index (κ2) is 7.17. The third kappa shape index (κ3) is 2.86. The van der Waals surface area contributed by atoms with E-state index >= 15 is 0 Å². The van der Waals surface area contributed by atoms with Crippen LogP contribution in [0.25, 0.3) is 0 Å². The van der Waals surface area contributed by atoms with Gasteiger partial charge in [0.15, 0.2) is 17.1 Å². The summed E-state index contributed by atoms with van der Waals surface area (Å²) in [6.07, 6.45) is 9.03. The van der Waals surface area contributed by atoms with Crippen molar-refractivity contribution in [1.82, 2.24) is 9.80 Å². The largest absolute Gasteiger partial charge is 0.511 e. The summed E-state index contributed by atoms with van der Waals surface area (Å²) in [4.78, 5) is 54.4. The number of allylic oxidation sites excluding steroid dienone is 6. The molecule has 6 aliphatic rings. The van der Waals surface area contributed by atoms with Crippen LogP contribution in [0.5, 0.6) is 0 Å². The predicted molar refractivity (Wildman–Crippen MR) is 116 cm³/mol. The standard InChI is InChI=1S/C25H28N2O5/c1-25(26(2)3)11-18(29)22(19(30)12-25)17(28)5-4-10-27-23(31)20-15-8-9-16(21(20)24(27)32)14-7-6-13(14)15/h6-9,13-16,20-21H,1,4-5,10-12H2,2-3H3/p+1. The Morgan fingerprint density at radius 3 is 1.88 bits per heavy atom. The molecule has 5 aliphatic carbocycles. The van der Waals surface area contributed by atoms with E-state index in [9.17, 15) is 24.3 Å². The van der Waals surface area contributed by atoms with Gasteiger partial charge in [-0.3, -0.25) is 29.0 Å². The number of rotatable bonds is 5. The summed E-state index contributed by atoms with van der Waals surface area (Å²) in [5, 5.41) is 10.5. The lowest BCUT2D eigenvalue weighted by Gasteiger charge is -2.51. The quantitative estimate of drug-likeness (QED) is 0.176. The first-order valence-electron chi connectivity index (χ1n) is 11.4. The fourth-order valence-corrected chi connectivity index (χ4v) is 6.33. The highest BCUT2D eigenvalue weighted by Crippen LogP contribution is 2.58. The molecule has 0 aromatic carbocycles. The van der Waals surface area contributed by atoms with Gasteiger partial charge in [-0.05, 0) is 44.2 Å². The van der Waals surface area contributed by atoms with Gasteiger partial charge in [-0.25, -0.2) is 0 Å². The summed E-state index contributed by atoms with van der Waals surface area (Å²) in [5.74, 6) is -0.971. The van der Waals surface area contributed by atoms with E-state index in [2.05, 4.69) is 31.2 Å². The highest BCUT2D eigenvalue weighted by atomic mass is 16.3. The molecule has 0 radical (unpaired) electrons. The Hall–Kier alpha value is -2.67. The summed E-state index contributed by atoms with van der Waals surface area (Å²) in [6.45, 7) is 4.19. The van der Waals surface area contributed by atoms with Gasteiger partial charge in [-0.15, -0.1) is 0 Å². The van der Waals surface area contributed by atoms with E-state index in [0.717, 1.165) is 0 Å². The van der Waals surface area contributed by atoms with Gasteiger partial charge in [0.25, 0.3) is 0 Å². The van der Waals surface area contributed by atoms with Gasteiger partial charge < -0.3 is 5.11 Å². The number of carbonyl (C=O) groups excluding carboxylic acids is 4. The van der Waals surface area contributed by atoms with Crippen LogP contribution in [-0.2, 0) is 19.2 Å². The zero-order chi connectivity index (χ0) is 22.9. The number of amides is 2. The molecule has 7 heteroatoms. The molecule has 0 aromatic heterocycles. The summed E-state index contributed by atoms with van der Waals surface area (Å²) in [6, 6.07) is 0. The average molecular weight is 438 g/mol. The van der Waals surface area contributed by atoms with Crippen LogP contribution >= 0.6 is 0 Å². The van der Waals surface area contributed by atoms with E-state index in [4.69, 9.17) is 0 Å². The summed E-state index contributed by atoms with van der Waals surface area (Å²) >= 11 is 0. The fourth-order valence-electron chi connectivity index (χ4n) is 6.33. The smallest absolute Gasteiger partial charge is 0.233 e. The van der Waals surface area contributed by atoms with E-state index in [1.165, 1.54) is 4.90 Å². The molecule has 32 heavy (non-hydrogen) atoms. The summed E-state index contributed by atoms with van der Waals surface area (Å²) in [5.41, 5.74) is -0.951. The molecular weight excluding hydrogens is 408 g/mol. The summed E-state index contributed by atoms with van der Waals surface area (Å²) < 4.78 is 0. The van der Waals surface area contributed by atoms with Gasteiger partial charge in [0.2, 0.25) is 11.8 Å². The molecule has 1 heterocycles. The minimum Gasteiger partial charge on any atom is -0.511 e. The molecule has 6 unspecified atom stereocenters. The molecule has 168 valence electrons. The van der Waals surface area contributed by atoms with Crippen LogP contribution < -0.4 is 0 Å². The zero-order valence-electron chi connectivity index (χ0n) is 18.5. The Balaban J connectivity index is 1.25. The number of nitrogens with zero attached hydrogens (tertiary/aromatic N) is 2. The average Bonchev–Trinajstić information content (AvgIpc) is 2.93. The molecule has 6 atom stereocenters. The SMILES string of the molecule is [CH2+]C1(N(C)C)CC(=O)C(=C(O)CCCN2C(=O)C3C4C=CC(C5C=CC54)C3C2=O)C(=O)C1. The number of ketones is 2. The van der Waals surface area contributed by atoms with Crippen molar-refractivity contribution in [2.75, 3.05) is 20.6 Å². The Morgan fingerprint density at radius 1 is 0.969 bits per heavy atom. The molecule has 2 saturated carbocycles. The topological polar surface area (TPSA) is 95.0 Å². The second-order valence-electron chi connectivity index (χ2n) is 10.2. The van der Waals surface area contributed by atoms with Crippen molar-refractivity contribution in [3.8, 4) is 0 Å². The molecule has 2 amide bonds. The van der Waals surface area contributed by atoms with Crippen LogP contribution in [0.3, 0.4) is 0 Å². The van der Waals surface area contributed by atoms with Gasteiger partial charge in [0.1, 0.15) is 5.76 Å². The first kappa shape index (κ1) is 21.2. The number of aliphatic hydroxyl groups is 1. The third-order valence-electron chi connectivity index (χ3n) is 8.33. The Bertz CT molecular complexity index is 946. The van der Waals surface area contributed by atoms with E-state index < -0.39 is 17.1 Å². The molecule has 3 fully saturated rings. The molecule has 2 bridgehead atoms. The molecule has 7 nitrogen and oxygen atoms in total. The van der Waals surface area contributed by atoms with Gasteiger partial charge in [0.05, 0.1) is 37.2 Å². The first-order valence-corrected chi connectivity index (χ1v) is 11.4. The van der Waals surface area contributed by atoms with Crippen LogP contribution in [-0.4, -0.2) is 64.5 Å². The van der Waals surface area contributed by atoms with Crippen molar-refractivity contribution in [1.29, 1.82) is 0 Å². The number of hydrogen-bond acceptors (Lipinski definition) is 6. The lowest BCUT2D eigenvalue weighted by atomic mass is 9.50. The van der Waals surface area contributed by atoms with Crippen molar-refractivity contribution in [2.24, 2.45) is 35.5 Å². The lowest BCUT2D eigenvalue weighted by Crippen LogP contribution is -2.50. The fraction of sp³-hybridized carbons (Fsp3) is 0.560. The number of imide groups is 1. The maximum atomic E-state index is 13.1. The van der Waals surface area contributed by atoms with Gasteiger partial charge in [0, 0.05) is 13.0 Å². The van der Waals surface area contributed by atoms with Crippen molar-refractivity contribution < 1.29 is 24.3 Å². The van der Waals surface area contributed by atoms with E-state index in [1.54, 1.807) is 19.0 Å². The van der Waals surface area contributed by atoms with E-state index in [-0.39, 0.29) is 72.6 Å². The lowest BCUT2D eigenvalue weighted by molar-refractivity contribution is -0.140. The van der Waals surface area contributed by atoms with Crippen LogP contribution in [0.2, 0.25) is 0 Å². The molecular formula is C25H29N2O5+. The van der Waals surface area contributed by atoms with Crippen molar-refractivity contribution in [3.05, 3.63) is 42.6 Å². The molecule has 0 aromatic rings. The Kier molecular flexibility index (Phi) is 4.75. The van der Waals surface area contributed by atoms with Crippen LogP contribution in [0.1, 0.15) is 25.7 Å². The van der Waals surface area contributed by atoms with Gasteiger partial charge in [-0.2, -0.15) is 0 Å². The Labute approximate surface area is 187 Å². The zero-order valence-corrected chi connectivity index (χ0v) is 18.5. The number of hydrogen-bond donors (Lipinski definition) is 1. The highest BCUT2D eigenvalue weighted by molar-refractivity contribution is 6.23. The minimum atomic E-state index is -0.801. The number of likely N-dealkylation sites (tertiary alicyclic amines) is 1. The maximum absolute atomic E-state index is 13.1. The second-order valence-corrected chi connectivity index (χ2v) is 10.2. The first-order chi connectivity index (χ1) is 15.1. The highest BCUT2D eigenvalue weighted by Gasteiger charge is 2.62. The van der Waals surface area contributed by atoms with Crippen molar-refractivity contribution in [3.63, 3.8) is 0 Å². The molecule has 6 rings (SSSR count). The predicted octanol–water partition coefficient (Wildman–Crippen LogP) is 1.86. The molecule has 1 saturated heterocycles. The molecule has 1 N–H and O–H groups in total. The molecule has 0 spiro atoms. The Morgan fingerprint density at radius 2 is 1.44 bits per heavy atom. The van der Waals surface area contributed by atoms with E-state index in [0.29, 0.717) is 18.3 Å². The molecule has 1 aliphatic heterocycles. The number of carbonyl (C=O) groups is 4. The monoisotopic (exact) mass is 437 g/mol. The van der Waals surface area contributed by atoms with Crippen molar-refractivity contribution in [2.45, 2.75) is 31.2 Å². The van der Waals surface area contributed by atoms with E-state index in [1.807, 2.05) is 0 Å². The minimum absolute atomic E-state index is 0.0593. The number of Topliss-reactive ketones (excluding diaryl/α,β-unsaturated/α-hetero) is 2. The van der Waals surface area contributed by atoms with Gasteiger partial charge >= 0.3 is 0 Å². The maximum Gasteiger partial charge on any atom is 0.233 e. The number of aliphatic hydroxyl groups excluding tert-OH is 1.